The zero-order chi connectivity index (χ0) is 14.1. The molecule has 0 aliphatic rings. The SMILES string of the molecule is COc1c([N+](=O)[O-])cc(S(N)(=O)=O)nc1C(F)F. The zero-order valence-corrected chi connectivity index (χ0v) is 9.65. The van der Waals surface area contributed by atoms with E-state index in [4.69, 9.17) is 0 Å². The maximum Gasteiger partial charge on any atom is 0.316 e. The van der Waals surface area contributed by atoms with Crippen LogP contribution in [0.5, 0.6) is 5.75 Å². The molecule has 100 valence electrons. The second kappa shape index (κ2) is 4.78. The van der Waals surface area contributed by atoms with E-state index in [9.17, 15) is 27.3 Å². The Balaban J connectivity index is 3.70. The highest BCUT2D eigenvalue weighted by Gasteiger charge is 2.29. The van der Waals surface area contributed by atoms with Crippen molar-refractivity contribution in [2.75, 3.05) is 7.11 Å². The highest BCUT2D eigenvalue weighted by molar-refractivity contribution is 7.89. The Hall–Kier alpha value is -1.88. The van der Waals surface area contributed by atoms with Crippen molar-refractivity contribution in [2.24, 2.45) is 5.14 Å². The molecular weight excluding hydrogens is 276 g/mol. The maximum atomic E-state index is 12.6. The van der Waals surface area contributed by atoms with Crippen LogP contribution in [0.1, 0.15) is 12.1 Å². The first kappa shape index (κ1) is 14.2. The van der Waals surface area contributed by atoms with Crippen molar-refractivity contribution in [1.29, 1.82) is 0 Å². The molecule has 2 N–H and O–H groups in total. The molecule has 0 aliphatic carbocycles. The van der Waals surface area contributed by atoms with E-state index in [1.54, 1.807) is 0 Å². The number of halogens is 2. The number of ether oxygens (including phenoxy) is 1. The summed E-state index contributed by atoms with van der Waals surface area (Å²) in [4.78, 5) is 12.6. The van der Waals surface area contributed by atoms with Crippen LogP contribution >= 0.6 is 0 Å². The summed E-state index contributed by atoms with van der Waals surface area (Å²) in [5, 5.41) is 14.3. The number of primary sulfonamides is 1. The summed E-state index contributed by atoms with van der Waals surface area (Å²) in [6, 6.07) is 0.458. The quantitative estimate of drug-likeness (QED) is 0.636. The van der Waals surface area contributed by atoms with Crippen molar-refractivity contribution in [2.45, 2.75) is 11.5 Å². The maximum absolute atomic E-state index is 12.6. The number of aromatic nitrogens is 1. The van der Waals surface area contributed by atoms with Gasteiger partial charge >= 0.3 is 5.69 Å². The van der Waals surface area contributed by atoms with E-state index in [2.05, 4.69) is 14.9 Å². The van der Waals surface area contributed by atoms with Gasteiger partial charge in [0.25, 0.3) is 16.4 Å². The Bertz CT molecular complexity index is 589. The summed E-state index contributed by atoms with van der Waals surface area (Å²) in [6.07, 6.45) is -3.25. The molecule has 0 amide bonds. The van der Waals surface area contributed by atoms with Crippen molar-refractivity contribution in [3.63, 3.8) is 0 Å². The average molecular weight is 283 g/mol. The van der Waals surface area contributed by atoms with Gasteiger partial charge in [-0.15, -0.1) is 0 Å². The van der Waals surface area contributed by atoms with Crippen molar-refractivity contribution in [3.05, 3.63) is 21.9 Å². The van der Waals surface area contributed by atoms with Gasteiger partial charge in [0.05, 0.1) is 18.1 Å². The first-order valence-corrected chi connectivity index (χ1v) is 5.77. The molecular formula is C7H7F2N3O5S. The summed E-state index contributed by atoms with van der Waals surface area (Å²) in [6.45, 7) is 0. The topological polar surface area (TPSA) is 125 Å². The number of alkyl halides is 2. The monoisotopic (exact) mass is 283 g/mol. The Morgan fingerprint density at radius 1 is 1.56 bits per heavy atom. The van der Waals surface area contributed by atoms with Gasteiger partial charge in [-0.05, 0) is 0 Å². The van der Waals surface area contributed by atoms with Gasteiger partial charge in [0.15, 0.2) is 10.7 Å². The Labute approximate surface area is 99.6 Å². The molecule has 1 rings (SSSR count). The van der Waals surface area contributed by atoms with Crippen LogP contribution in [-0.2, 0) is 10.0 Å². The van der Waals surface area contributed by atoms with Gasteiger partial charge in [0.1, 0.15) is 0 Å². The Morgan fingerprint density at radius 3 is 2.44 bits per heavy atom. The minimum absolute atomic E-state index is 0.458. The number of sulfonamides is 1. The van der Waals surface area contributed by atoms with Crippen molar-refractivity contribution < 1.29 is 26.9 Å². The molecule has 0 fully saturated rings. The molecule has 18 heavy (non-hydrogen) atoms. The van der Waals surface area contributed by atoms with Crippen LogP contribution in [0.25, 0.3) is 0 Å². The van der Waals surface area contributed by atoms with Crippen molar-refractivity contribution in [1.82, 2.24) is 4.98 Å². The van der Waals surface area contributed by atoms with Crippen molar-refractivity contribution >= 4 is 15.7 Å². The third-order valence-corrected chi connectivity index (χ3v) is 2.65. The number of rotatable bonds is 4. The van der Waals surface area contributed by atoms with Gasteiger partial charge in [0.2, 0.25) is 5.75 Å². The molecule has 0 atom stereocenters. The fourth-order valence-corrected chi connectivity index (χ4v) is 1.66. The molecule has 8 nitrogen and oxygen atoms in total. The van der Waals surface area contributed by atoms with E-state index >= 15 is 0 Å². The zero-order valence-electron chi connectivity index (χ0n) is 8.83. The molecule has 0 aliphatic heterocycles. The second-order valence-electron chi connectivity index (χ2n) is 3.00. The van der Waals surface area contributed by atoms with Gasteiger partial charge in [-0.2, -0.15) is 0 Å². The van der Waals surface area contributed by atoms with Crippen molar-refractivity contribution in [3.8, 4) is 5.75 Å². The van der Waals surface area contributed by atoms with Crippen LogP contribution in [-0.4, -0.2) is 25.4 Å². The molecule has 11 heteroatoms. The van der Waals surface area contributed by atoms with Crippen LogP contribution in [0, 0.1) is 10.1 Å². The Morgan fingerprint density at radius 2 is 2.11 bits per heavy atom. The van der Waals surface area contributed by atoms with E-state index in [0.29, 0.717) is 6.07 Å². The lowest BCUT2D eigenvalue weighted by Crippen LogP contribution is -2.16. The van der Waals surface area contributed by atoms with Crippen LogP contribution in [0.4, 0.5) is 14.5 Å². The lowest BCUT2D eigenvalue weighted by Gasteiger charge is -2.08. The minimum Gasteiger partial charge on any atom is -0.489 e. The normalized spacial score (nSPS) is 11.6. The predicted octanol–water partition coefficient (Wildman–Crippen LogP) is 0.583. The van der Waals surface area contributed by atoms with Crippen LogP contribution in [0.15, 0.2) is 11.1 Å². The fourth-order valence-electron chi connectivity index (χ4n) is 1.15. The molecule has 1 aromatic rings. The van der Waals surface area contributed by atoms with Gasteiger partial charge in [-0.1, -0.05) is 0 Å². The summed E-state index contributed by atoms with van der Waals surface area (Å²) in [5.41, 5.74) is -2.11. The number of nitrogens with two attached hydrogens (primary N) is 1. The summed E-state index contributed by atoms with van der Waals surface area (Å²) < 4.78 is 51.7. The van der Waals surface area contributed by atoms with Crippen LogP contribution in [0.3, 0.4) is 0 Å². The molecule has 1 heterocycles. The number of nitro groups is 1. The third-order valence-electron chi connectivity index (χ3n) is 1.86. The predicted molar refractivity (Wildman–Crippen MR) is 53.8 cm³/mol. The van der Waals surface area contributed by atoms with Gasteiger partial charge in [-0.25, -0.2) is 27.3 Å². The van der Waals surface area contributed by atoms with E-state index in [0.717, 1.165) is 7.11 Å². The van der Waals surface area contributed by atoms with E-state index in [1.807, 2.05) is 0 Å². The van der Waals surface area contributed by atoms with Crippen LogP contribution < -0.4 is 9.88 Å². The lowest BCUT2D eigenvalue weighted by atomic mass is 10.3. The number of methoxy groups -OCH3 is 1. The first-order valence-electron chi connectivity index (χ1n) is 4.22. The van der Waals surface area contributed by atoms with Gasteiger partial charge < -0.3 is 4.74 Å². The average Bonchev–Trinajstić information content (AvgIpc) is 2.25. The molecule has 0 radical (unpaired) electrons. The molecule has 0 bridgehead atoms. The van der Waals surface area contributed by atoms with Gasteiger partial charge in [-0.3, -0.25) is 10.1 Å². The van der Waals surface area contributed by atoms with E-state index < -0.39 is 43.5 Å². The highest BCUT2D eigenvalue weighted by atomic mass is 32.2. The summed E-state index contributed by atoms with van der Waals surface area (Å²) in [5.74, 6) is -0.803. The minimum atomic E-state index is -4.44. The molecule has 1 aromatic heterocycles. The van der Waals surface area contributed by atoms with E-state index in [1.165, 1.54) is 0 Å². The van der Waals surface area contributed by atoms with Crippen LogP contribution in [0.2, 0.25) is 0 Å². The number of pyridine rings is 1. The standard InChI is InChI=1S/C7H7F2N3O5S/c1-17-6-3(12(13)14)2-4(18(10,15)16)11-5(6)7(8)9/h2,7H,1H3,(H2,10,15,16). The number of hydrogen-bond donors (Lipinski definition) is 1. The number of nitrogens with zero attached hydrogens (tertiary/aromatic N) is 2. The molecule has 0 saturated heterocycles. The molecule has 0 aromatic carbocycles. The largest absolute Gasteiger partial charge is 0.489 e. The fraction of sp³-hybridized carbons (Fsp3) is 0.286. The first-order chi connectivity index (χ1) is 8.18. The molecule has 0 spiro atoms. The molecule has 0 saturated carbocycles. The summed E-state index contributed by atoms with van der Waals surface area (Å²) in [7, 11) is -3.52. The van der Waals surface area contributed by atoms with Gasteiger partial charge in [0, 0.05) is 0 Å². The van der Waals surface area contributed by atoms with E-state index in [-0.39, 0.29) is 0 Å². The molecule has 0 unspecified atom stereocenters. The highest BCUT2D eigenvalue weighted by Crippen LogP contribution is 2.36. The number of hydrogen-bond acceptors (Lipinski definition) is 6. The summed E-state index contributed by atoms with van der Waals surface area (Å²) >= 11 is 0. The lowest BCUT2D eigenvalue weighted by molar-refractivity contribution is -0.386. The third kappa shape index (κ3) is 2.68. The smallest absolute Gasteiger partial charge is 0.316 e. The Kier molecular flexibility index (Phi) is 3.76. The second-order valence-corrected chi connectivity index (χ2v) is 4.51.